The highest BCUT2D eigenvalue weighted by molar-refractivity contribution is 7.22. The van der Waals surface area contributed by atoms with Gasteiger partial charge in [-0.3, -0.25) is 4.79 Å². The maximum atomic E-state index is 12.4. The van der Waals surface area contributed by atoms with Crippen LogP contribution in [0.15, 0.2) is 48.5 Å². The number of para-hydroxylation sites is 1. The first-order valence-electron chi connectivity index (χ1n) is 9.33. The van der Waals surface area contributed by atoms with E-state index in [4.69, 9.17) is 9.72 Å². The maximum Gasteiger partial charge on any atom is 0.260 e. The largest absolute Gasteiger partial charge is 0.484 e. The topological polar surface area (TPSA) is 45.7 Å². The zero-order valence-corrected chi connectivity index (χ0v) is 16.2. The smallest absolute Gasteiger partial charge is 0.260 e. The first-order valence-corrected chi connectivity index (χ1v) is 10.1. The predicted octanol–water partition coefficient (Wildman–Crippen LogP) is 3.59. The summed E-state index contributed by atoms with van der Waals surface area (Å²) in [5.74, 6) is 0.765. The van der Waals surface area contributed by atoms with Gasteiger partial charge in [0.15, 0.2) is 11.7 Å². The molecule has 140 valence electrons. The van der Waals surface area contributed by atoms with E-state index in [9.17, 15) is 4.79 Å². The molecule has 0 saturated carbocycles. The van der Waals surface area contributed by atoms with Crippen LogP contribution in [-0.2, 0) is 11.2 Å². The van der Waals surface area contributed by atoms with Crippen LogP contribution in [0.1, 0.15) is 12.5 Å². The highest BCUT2D eigenvalue weighted by Gasteiger charge is 2.23. The van der Waals surface area contributed by atoms with Gasteiger partial charge in [0.1, 0.15) is 5.75 Å². The van der Waals surface area contributed by atoms with Crippen LogP contribution in [0.5, 0.6) is 5.75 Å². The molecule has 0 N–H and O–H groups in total. The van der Waals surface area contributed by atoms with E-state index >= 15 is 0 Å². The molecule has 1 aromatic heterocycles. The van der Waals surface area contributed by atoms with Crippen molar-refractivity contribution in [1.29, 1.82) is 0 Å². The molecule has 3 aromatic rings. The normalized spacial score (nSPS) is 14.6. The van der Waals surface area contributed by atoms with Crippen LogP contribution in [0, 0.1) is 0 Å². The lowest BCUT2D eigenvalue weighted by Crippen LogP contribution is -2.50. The van der Waals surface area contributed by atoms with Crippen molar-refractivity contribution in [3.63, 3.8) is 0 Å². The minimum Gasteiger partial charge on any atom is -0.484 e. The van der Waals surface area contributed by atoms with Gasteiger partial charge in [-0.15, -0.1) is 0 Å². The highest BCUT2D eigenvalue weighted by atomic mass is 32.1. The van der Waals surface area contributed by atoms with Crippen molar-refractivity contribution >= 4 is 32.6 Å². The van der Waals surface area contributed by atoms with E-state index in [-0.39, 0.29) is 12.5 Å². The monoisotopic (exact) mass is 381 g/mol. The highest BCUT2D eigenvalue weighted by Crippen LogP contribution is 2.30. The number of thiazole rings is 1. The van der Waals surface area contributed by atoms with Gasteiger partial charge in [-0.1, -0.05) is 42.5 Å². The summed E-state index contributed by atoms with van der Waals surface area (Å²) in [6, 6.07) is 15.9. The Morgan fingerprint density at radius 3 is 2.63 bits per heavy atom. The molecule has 1 saturated heterocycles. The van der Waals surface area contributed by atoms with Gasteiger partial charge >= 0.3 is 0 Å². The summed E-state index contributed by atoms with van der Waals surface area (Å²) < 4.78 is 6.81. The minimum absolute atomic E-state index is 0.0374. The van der Waals surface area contributed by atoms with E-state index in [2.05, 4.69) is 30.0 Å². The fraction of sp³-hybridized carbons (Fsp3) is 0.333. The molecule has 1 amide bonds. The Morgan fingerprint density at radius 2 is 1.89 bits per heavy atom. The Kier molecular flexibility index (Phi) is 5.25. The number of anilines is 1. The molecule has 6 heteroatoms. The van der Waals surface area contributed by atoms with Gasteiger partial charge in [0.25, 0.3) is 5.91 Å². The molecule has 1 aliphatic rings. The Bertz CT molecular complexity index is 918. The van der Waals surface area contributed by atoms with E-state index in [0.717, 1.165) is 35.9 Å². The summed E-state index contributed by atoms with van der Waals surface area (Å²) in [5, 5.41) is 1.05. The van der Waals surface area contributed by atoms with Crippen LogP contribution >= 0.6 is 11.3 Å². The predicted molar refractivity (Wildman–Crippen MR) is 110 cm³/mol. The molecular weight excluding hydrogens is 358 g/mol. The molecule has 4 rings (SSSR count). The lowest BCUT2D eigenvalue weighted by atomic mass is 10.2. The summed E-state index contributed by atoms with van der Waals surface area (Å²) >= 11 is 1.74. The summed E-state index contributed by atoms with van der Waals surface area (Å²) in [4.78, 5) is 21.3. The second kappa shape index (κ2) is 7.96. The van der Waals surface area contributed by atoms with E-state index in [1.807, 2.05) is 35.2 Å². The van der Waals surface area contributed by atoms with Gasteiger partial charge in [-0.2, -0.15) is 0 Å². The number of aromatic nitrogens is 1. The Morgan fingerprint density at radius 1 is 1.11 bits per heavy atom. The minimum atomic E-state index is 0.0374. The molecule has 1 fully saturated rings. The number of ether oxygens (including phenoxy) is 1. The van der Waals surface area contributed by atoms with E-state index in [1.165, 1.54) is 10.3 Å². The maximum absolute atomic E-state index is 12.4. The van der Waals surface area contributed by atoms with Crippen molar-refractivity contribution in [2.75, 3.05) is 37.7 Å². The zero-order chi connectivity index (χ0) is 18.6. The lowest BCUT2D eigenvalue weighted by Gasteiger charge is -2.34. The van der Waals surface area contributed by atoms with Crippen molar-refractivity contribution in [1.82, 2.24) is 9.88 Å². The summed E-state index contributed by atoms with van der Waals surface area (Å²) in [6.45, 7) is 5.26. The first kappa shape index (κ1) is 17.8. The van der Waals surface area contributed by atoms with Crippen LogP contribution in [0.25, 0.3) is 10.2 Å². The first-order chi connectivity index (χ1) is 13.2. The van der Waals surface area contributed by atoms with Crippen molar-refractivity contribution < 1.29 is 9.53 Å². The number of hydrogen-bond donors (Lipinski definition) is 0. The van der Waals surface area contributed by atoms with Crippen LogP contribution in [0.2, 0.25) is 0 Å². The van der Waals surface area contributed by atoms with Gasteiger partial charge in [0, 0.05) is 26.2 Å². The van der Waals surface area contributed by atoms with E-state index in [0.29, 0.717) is 13.1 Å². The SMILES string of the molecule is CCc1ccc2nc(N3CCN(C(=O)COc4ccccc4)CC3)sc2c1. The molecule has 1 aliphatic heterocycles. The average molecular weight is 382 g/mol. The zero-order valence-electron chi connectivity index (χ0n) is 15.4. The molecule has 2 aromatic carbocycles. The second-order valence-corrected chi connectivity index (χ2v) is 7.63. The van der Waals surface area contributed by atoms with Crippen LogP contribution in [0.3, 0.4) is 0 Å². The van der Waals surface area contributed by atoms with Gasteiger partial charge in [-0.25, -0.2) is 4.98 Å². The number of hydrogen-bond acceptors (Lipinski definition) is 5. The number of piperazine rings is 1. The van der Waals surface area contributed by atoms with Crippen LogP contribution in [-0.4, -0.2) is 48.6 Å². The Hall–Kier alpha value is -2.60. The molecule has 0 unspecified atom stereocenters. The van der Waals surface area contributed by atoms with Crippen molar-refractivity contribution in [3.8, 4) is 5.75 Å². The Balaban J connectivity index is 1.33. The molecule has 2 heterocycles. The number of rotatable bonds is 5. The van der Waals surface area contributed by atoms with Gasteiger partial charge in [0.2, 0.25) is 0 Å². The number of carbonyl (C=O) groups is 1. The fourth-order valence-electron chi connectivity index (χ4n) is 3.21. The molecule has 0 spiro atoms. The third-order valence-electron chi connectivity index (χ3n) is 4.86. The van der Waals surface area contributed by atoms with Crippen LogP contribution < -0.4 is 9.64 Å². The van der Waals surface area contributed by atoms with Crippen molar-refractivity contribution in [2.24, 2.45) is 0 Å². The molecule has 0 radical (unpaired) electrons. The number of nitrogens with zero attached hydrogens (tertiary/aromatic N) is 3. The van der Waals surface area contributed by atoms with Crippen molar-refractivity contribution in [2.45, 2.75) is 13.3 Å². The van der Waals surface area contributed by atoms with Gasteiger partial charge < -0.3 is 14.5 Å². The van der Waals surface area contributed by atoms with Crippen molar-refractivity contribution in [3.05, 3.63) is 54.1 Å². The molecular formula is C21H23N3O2S. The fourth-order valence-corrected chi connectivity index (χ4v) is 4.29. The number of amides is 1. The number of fused-ring (bicyclic) bond motifs is 1. The molecule has 0 atom stereocenters. The summed E-state index contributed by atoms with van der Waals surface area (Å²) in [5.41, 5.74) is 2.40. The summed E-state index contributed by atoms with van der Waals surface area (Å²) in [6.07, 6.45) is 1.04. The van der Waals surface area contributed by atoms with Gasteiger partial charge in [-0.05, 0) is 36.2 Å². The number of aryl methyl sites for hydroxylation is 1. The van der Waals surface area contributed by atoms with E-state index in [1.54, 1.807) is 11.3 Å². The molecule has 0 bridgehead atoms. The quantitative estimate of drug-likeness (QED) is 0.678. The number of benzene rings is 2. The third kappa shape index (κ3) is 4.06. The molecule has 5 nitrogen and oxygen atoms in total. The number of carbonyl (C=O) groups excluding carboxylic acids is 1. The average Bonchev–Trinajstić information content (AvgIpc) is 3.16. The molecule has 27 heavy (non-hydrogen) atoms. The second-order valence-electron chi connectivity index (χ2n) is 6.62. The molecule has 0 aliphatic carbocycles. The Labute approximate surface area is 163 Å². The van der Waals surface area contributed by atoms with E-state index < -0.39 is 0 Å². The lowest BCUT2D eigenvalue weighted by molar-refractivity contribution is -0.133. The van der Waals surface area contributed by atoms with Crippen LogP contribution in [0.4, 0.5) is 5.13 Å². The third-order valence-corrected chi connectivity index (χ3v) is 5.94. The standard InChI is InChI=1S/C21H23N3O2S/c1-2-16-8-9-18-19(14-16)27-21(22-18)24-12-10-23(11-13-24)20(25)15-26-17-6-4-3-5-7-17/h3-9,14H,2,10-13,15H2,1H3. The summed E-state index contributed by atoms with van der Waals surface area (Å²) in [7, 11) is 0. The van der Waals surface area contributed by atoms with Gasteiger partial charge in [0.05, 0.1) is 10.2 Å².